The molecule has 0 radical (unpaired) electrons. The fourth-order valence-corrected chi connectivity index (χ4v) is 5.61. The van der Waals surface area contributed by atoms with Crippen molar-refractivity contribution in [2.75, 3.05) is 0 Å². The van der Waals surface area contributed by atoms with Crippen LogP contribution < -0.4 is 0 Å². The van der Waals surface area contributed by atoms with Crippen LogP contribution in [0.15, 0.2) is 35.9 Å². The Hall–Kier alpha value is -1.60. The first-order valence-corrected chi connectivity index (χ1v) is 9.68. The van der Waals surface area contributed by atoms with Gasteiger partial charge in [-0.15, -0.1) is 0 Å². The molecule has 4 aliphatic rings. The average molecular weight is 318 g/mol. The van der Waals surface area contributed by atoms with Gasteiger partial charge in [0, 0.05) is 5.92 Å². The summed E-state index contributed by atoms with van der Waals surface area (Å²) >= 11 is 0. The zero-order chi connectivity index (χ0) is 16.3. The summed E-state index contributed by atoms with van der Waals surface area (Å²) in [6.45, 7) is 2.22. The number of benzene rings is 1. The van der Waals surface area contributed by atoms with Crippen LogP contribution in [0.1, 0.15) is 67.2 Å². The highest BCUT2D eigenvalue weighted by molar-refractivity contribution is 5.88. The summed E-state index contributed by atoms with van der Waals surface area (Å²) in [6.07, 6.45) is 16.1. The van der Waals surface area contributed by atoms with Gasteiger partial charge in [-0.3, -0.25) is 0 Å². The Balaban J connectivity index is 1.64. The van der Waals surface area contributed by atoms with Crippen LogP contribution in [0.3, 0.4) is 0 Å². The zero-order valence-electron chi connectivity index (χ0n) is 14.5. The van der Waals surface area contributed by atoms with E-state index in [1.807, 2.05) is 0 Å². The van der Waals surface area contributed by atoms with Gasteiger partial charge in [0.05, 0.1) is 6.10 Å². The van der Waals surface area contributed by atoms with E-state index in [1.165, 1.54) is 18.4 Å². The van der Waals surface area contributed by atoms with E-state index in [2.05, 4.69) is 43.4 Å². The fraction of sp³-hybridized carbons (Fsp3) is 0.478. The number of rotatable bonds is 2. The van der Waals surface area contributed by atoms with Crippen LogP contribution in [-0.2, 0) is 6.42 Å². The van der Waals surface area contributed by atoms with E-state index < -0.39 is 0 Å². The molecule has 1 N–H and O–H groups in total. The molecule has 0 spiro atoms. The summed E-state index contributed by atoms with van der Waals surface area (Å²) in [4.78, 5) is 0. The van der Waals surface area contributed by atoms with Gasteiger partial charge in [0.1, 0.15) is 0 Å². The molecule has 1 nitrogen and oxygen atoms in total. The van der Waals surface area contributed by atoms with Crippen LogP contribution in [0.2, 0.25) is 0 Å². The third kappa shape index (κ3) is 2.04. The lowest BCUT2D eigenvalue weighted by Gasteiger charge is -2.35. The van der Waals surface area contributed by atoms with E-state index in [-0.39, 0.29) is 6.10 Å². The SMILES string of the molecule is CC[C@H]1C[C@@H](c2ccc3c4c2CCC2=C4C(C=C3)CC=C2)CC1O. The van der Waals surface area contributed by atoms with Gasteiger partial charge in [-0.25, -0.2) is 0 Å². The van der Waals surface area contributed by atoms with Crippen LogP contribution in [-0.4, -0.2) is 11.2 Å². The minimum Gasteiger partial charge on any atom is -0.393 e. The molecule has 0 saturated heterocycles. The summed E-state index contributed by atoms with van der Waals surface area (Å²) in [7, 11) is 0. The Morgan fingerprint density at radius 2 is 2.04 bits per heavy atom. The second-order valence-electron chi connectivity index (χ2n) is 8.04. The lowest BCUT2D eigenvalue weighted by molar-refractivity contribution is 0.130. The number of allylic oxidation sites excluding steroid dienone is 5. The van der Waals surface area contributed by atoms with Crippen molar-refractivity contribution in [2.45, 2.75) is 57.5 Å². The quantitative estimate of drug-likeness (QED) is 0.789. The van der Waals surface area contributed by atoms with E-state index >= 15 is 0 Å². The summed E-state index contributed by atoms with van der Waals surface area (Å²) in [5.41, 5.74) is 9.30. The molecule has 1 aromatic carbocycles. The van der Waals surface area contributed by atoms with Crippen molar-refractivity contribution in [3.05, 3.63) is 58.2 Å². The molecule has 5 rings (SSSR count). The van der Waals surface area contributed by atoms with Crippen LogP contribution in [0.25, 0.3) is 11.6 Å². The van der Waals surface area contributed by atoms with Crippen molar-refractivity contribution in [1.82, 2.24) is 0 Å². The van der Waals surface area contributed by atoms with E-state index in [0.29, 0.717) is 17.8 Å². The van der Waals surface area contributed by atoms with E-state index in [4.69, 9.17) is 0 Å². The summed E-state index contributed by atoms with van der Waals surface area (Å²) in [5, 5.41) is 10.4. The van der Waals surface area contributed by atoms with Crippen LogP contribution >= 0.6 is 0 Å². The van der Waals surface area contributed by atoms with Crippen LogP contribution in [0.4, 0.5) is 0 Å². The Morgan fingerprint density at radius 1 is 1.12 bits per heavy atom. The molecule has 0 bridgehead atoms. The average Bonchev–Trinajstić information content (AvgIpc) is 3.00. The highest BCUT2D eigenvalue weighted by Gasteiger charge is 2.36. The van der Waals surface area contributed by atoms with Crippen molar-refractivity contribution in [1.29, 1.82) is 0 Å². The lowest BCUT2D eigenvalue weighted by Crippen LogP contribution is -2.19. The fourth-order valence-electron chi connectivity index (χ4n) is 5.61. The maximum absolute atomic E-state index is 10.4. The minimum absolute atomic E-state index is 0.105. The minimum atomic E-state index is -0.105. The Kier molecular flexibility index (Phi) is 3.35. The molecule has 0 amide bonds. The predicted molar refractivity (Wildman–Crippen MR) is 99.7 cm³/mol. The molecule has 124 valence electrons. The monoisotopic (exact) mass is 318 g/mol. The molecule has 1 aromatic rings. The maximum Gasteiger partial charge on any atom is 0.0574 e. The second kappa shape index (κ2) is 5.46. The largest absolute Gasteiger partial charge is 0.393 e. The molecule has 1 heteroatoms. The number of aliphatic hydroxyl groups excluding tert-OH is 1. The third-order valence-corrected chi connectivity index (χ3v) is 6.85. The van der Waals surface area contributed by atoms with E-state index in [9.17, 15) is 5.11 Å². The van der Waals surface area contributed by atoms with Gasteiger partial charge in [0.2, 0.25) is 0 Å². The molecule has 1 fully saturated rings. The number of hydrogen-bond donors (Lipinski definition) is 1. The maximum atomic E-state index is 10.4. The van der Waals surface area contributed by atoms with Crippen molar-refractivity contribution >= 4 is 11.6 Å². The van der Waals surface area contributed by atoms with E-state index in [0.717, 1.165) is 25.7 Å². The molecular formula is C23H26O. The van der Waals surface area contributed by atoms with Crippen molar-refractivity contribution in [3.8, 4) is 0 Å². The standard InChI is InChI=1S/C23H26O/c1-2-14-12-18(13-21(14)24)19-10-8-17-7-6-15-4-3-5-16-9-11-20(19)23(17)22(15)16/h3,5-8,10,14-15,18,21,24H,2,4,9,11-13H2,1H3/t14-,15?,18+,21?/m0/s1. The molecule has 1 saturated carbocycles. The Labute approximate surface area is 144 Å². The normalized spacial score (nSPS) is 33.1. The van der Waals surface area contributed by atoms with Gasteiger partial charge in [-0.1, -0.05) is 49.8 Å². The summed E-state index contributed by atoms with van der Waals surface area (Å²) in [5.74, 6) is 1.63. The number of aliphatic hydroxyl groups is 1. The van der Waals surface area contributed by atoms with Gasteiger partial charge < -0.3 is 5.11 Å². The topological polar surface area (TPSA) is 20.2 Å². The van der Waals surface area contributed by atoms with Gasteiger partial charge in [0.25, 0.3) is 0 Å². The highest BCUT2D eigenvalue weighted by atomic mass is 16.3. The molecule has 2 unspecified atom stereocenters. The van der Waals surface area contributed by atoms with Crippen molar-refractivity contribution < 1.29 is 5.11 Å². The molecule has 4 aliphatic carbocycles. The van der Waals surface area contributed by atoms with Gasteiger partial charge in [0.15, 0.2) is 0 Å². The first kappa shape index (κ1) is 14.7. The first-order chi connectivity index (χ1) is 11.8. The molecule has 24 heavy (non-hydrogen) atoms. The van der Waals surface area contributed by atoms with Gasteiger partial charge in [-0.2, -0.15) is 0 Å². The third-order valence-electron chi connectivity index (χ3n) is 6.85. The number of hydrogen-bond acceptors (Lipinski definition) is 1. The van der Waals surface area contributed by atoms with Crippen LogP contribution in [0, 0.1) is 11.8 Å². The highest BCUT2D eigenvalue weighted by Crippen LogP contribution is 2.50. The molecule has 0 heterocycles. The molecular weight excluding hydrogens is 292 g/mol. The zero-order valence-corrected chi connectivity index (χ0v) is 14.5. The molecule has 4 atom stereocenters. The Bertz CT molecular complexity index is 779. The van der Waals surface area contributed by atoms with Crippen molar-refractivity contribution in [2.24, 2.45) is 11.8 Å². The Morgan fingerprint density at radius 3 is 2.88 bits per heavy atom. The van der Waals surface area contributed by atoms with Gasteiger partial charge >= 0.3 is 0 Å². The summed E-state index contributed by atoms with van der Waals surface area (Å²) in [6, 6.07) is 4.71. The molecule has 0 aromatic heterocycles. The van der Waals surface area contributed by atoms with Crippen molar-refractivity contribution in [3.63, 3.8) is 0 Å². The lowest BCUT2D eigenvalue weighted by atomic mass is 9.69. The molecule has 0 aliphatic heterocycles. The van der Waals surface area contributed by atoms with Crippen LogP contribution in [0.5, 0.6) is 0 Å². The smallest absolute Gasteiger partial charge is 0.0574 e. The summed E-state index contributed by atoms with van der Waals surface area (Å²) < 4.78 is 0. The second-order valence-corrected chi connectivity index (χ2v) is 8.04. The predicted octanol–water partition coefficient (Wildman–Crippen LogP) is 5.25. The van der Waals surface area contributed by atoms with Gasteiger partial charge in [-0.05, 0) is 77.3 Å². The van der Waals surface area contributed by atoms with E-state index in [1.54, 1.807) is 27.8 Å². The first-order valence-electron chi connectivity index (χ1n) is 9.68.